The van der Waals surface area contributed by atoms with Gasteiger partial charge in [-0.05, 0) is 19.4 Å². The smallest absolute Gasteiger partial charge is 0.410 e. The molecule has 0 spiro atoms. The fourth-order valence-electron chi connectivity index (χ4n) is 1.06. The minimum atomic E-state index is -4.55. The van der Waals surface area contributed by atoms with Gasteiger partial charge in [-0.1, -0.05) is 11.6 Å². The van der Waals surface area contributed by atoms with Crippen LogP contribution in [0, 0.1) is 0 Å². The number of ether oxygens (including phenoxy) is 1. The van der Waals surface area contributed by atoms with E-state index in [2.05, 4.69) is 4.74 Å². The SMILES string of the molecule is CC1=CCCC(OC(F)(F)F)=C1. The Morgan fingerprint density at radius 1 is 1.42 bits per heavy atom. The van der Waals surface area contributed by atoms with E-state index in [0.717, 1.165) is 5.57 Å². The van der Waals surface area contributed by atoms with Crippen LogP contribution in [-0.2, 0) is 4.74 Å². The predicted molar refractivity (Wildman–Crippen MR) is 38.2 cm³/mol. The minimum Gasteiger partial charge on any atom is -0.410 e. The molecule has 0 aliphatic heterocycles. The molecule has 0 saturated carbocycles. The summed E-state index contributed by atoms with van der Waals surface area (Å²) in [6.07, 6.45) is -0.311. The maximum absolute atomic E-state index is 11.7. The lowest BCUT2D eigenvalue weighted by Gasteiger charge is -2.14. The molecule has 12 heavy (non-hydrogen) atoms. The van der Waals surface area contributed by atoms with Crippen LogP contribution in [0.5, 0.6) is 0 Å². The van der Waals surface area contributed by atoms with Gasteiger partial charge in [-0.3, -0.25) is 0 Å². The van der Waals surface area contributed by atoms with Crippen LogP contribution in [0.3, 0.4) is 0 Å². The second-order valence-electron chi connectivity index (χ2n) is 2.65. The van der Waals surface area contributed by atoms with E-state index < -0.39 is 6.36 Å². The molecule has 0 amide bonds. The summed E-state index contributed by atoms with van der Waals surface area (Å²) in [5.41, 5.74) is 0.820. The van der Waals surface area contributed by atoms with Crippen molar-refractivity contribution in [1.82, 2.24) is 0 Å². The Kier molecular flexibility index (Phi) is 2.45. The van der Waals surface area contributed by atoms with Crippen molar-refractivity contribution in [3.05, 3.63) is 23.5 Å². The number of halogens is 3. The molecular formula is C8H9F3O. The van der Waals surface area contributed by atoms with Gasteiger partial charge >= 0.3 is 6.36 Å². The molecule has 1 aliphatic carbocycles. The molecule has 0 fully saturated rings. The maximum atomic E-state index is 11.7. The summed E-state index contributed by atoms with van der Waals surface area (Å²) in [4.78, 5) is 0. The first-order valence-corrected chi connectivity index (χ1v) is 3.60. The van der Waals surface area contributed by atoms with E-state index in [1.165, 1.54) is 6.08 Å². The van der Waals surface area contributed by atoms with E-state index in [-0.39, 0.29) is 5.76 Å². The second-order valence-corrected chi connectivity index (χ2v) is 2.65. The van der Waals surface area contributed by atoms with Gasteiger partial charge in [0.1, 0.15) is 5.76 Å². The molecule has 0 aromatic carbocycles. The summed E-state index contributed by atoms with van der Waals surface area (Å²) in [6.45, 7) is 1.75. The zero-order valence-electron chi connectivity index (χ0n) is 6.61. The molecule has 1 rings (SSSR count). The molecule has 0 atom stereocenters. The third-order valence-corrected chi connectivity index (χ3v) is 1.49. The number of hydrogen-bond acceptors (Lipinski definition) is 1. The number of rotatable bonds is 1. The topological polar surface area (TPSA) is 9.23 Å². The Balaban J connectivity index is 2.59. The van der Waals surface area contributed by atoms with Crippen molar-refractivity contribution in [2.75, 3.05) is 0 Å². The van der Waals surface area contributed by atoms with Crippen molar-refractivity contribution in [2.45, 2.75) is 26.1 Å². The number of allylic oxidation sites excluding steroid dienone is 4. The number of hydrogen-bond donors (Lipinski definition) is 0. The molecular weight excluding hydrogens is 169 g/mol. The predicted octanol–water partition coefficient (Wildman–Crippen LogP) is 3.15. The molecule has 1 aliphatic rings. The van der Waals surface area contributed by atoms with E-state index in [0.29, 0.717) is 12.8 Å². The van der Waals surface area contributed by atoms with E-state index in [9.17, 15) is 13.2 Å². The molecule has 0 saturated heterocycles. The highest BCUT2D eigenvalue weighted by molar-refractivity contribution is 5.22. The van der Waals surface area contributed by atoms with Crippen LogP contribution in [0.4, 0.5) is 13.2 Å². The van der Waals surface area contributed by atoms with Gasteiger partial charge in [0.15, 0.2) is 0 Å². The summed E-state index contributed by atoms with van der Waals surface area (Å²) in [5, 5.41) is 0. The van der Waals surface area contributed by atoms with Crippen molar-refractivity contribution in [2.24, 2.45) is 0 Å². The van der Waals surface area contributed by atoms with Crippen LogP contribution in [0.2, 0.25) is 0 Å². The summed E-state index contributed by atoms with van der Waals surface area (Å²) >= 11 is 0. The van der Waals surface area contributed by atoms with Gasteiger partial charge in [0.2, 0.25) is 0 Å². The highest BCUT2D eigenvalue weighted by Gasteiger charge is 2.32. The van der Waals surface area contributed by atoms with Crippen LogP contribution >= 0.6 is 0 Å². The molecule has 0 unspecified atom stereocenters. The first kappa shape index (κ1) is 9.16. The van der Waals surface area contributed by atoms with Crippen LogP contribution < -0.4 is 0 Å². The Bertz CT molecular complexity index is 225. The zero-order chi connectivity index (χ0) is 9.19. The Labute approximate surface area is 68.5 Å². The van der Waals surface area contributed by atoms with Gasteiger partial charge in [-0.25, -0.2) is 0 Å². The molecule has 68 valence electrons. The van der Waals surface area contributed by atoms with Gasteiger partial charge in [-0.15, -0.1) is 13.2 Å². The standard InChI is InChI=1S/C8H9F3O/c1-6-3-2-4-7(5-6)12-8(9,10)11/h3,5H,2,4H2,1H3. The molecule has 0 aromatic heterocycles. The molecule has 4 heteroatoms. The lowest BCUT2D eigenvalue weighted by molar-refractivity contribution is -0.306. The first-order valence-electron chi connectivity index (χ1n) is 3.60. The molecule has 0 bridgehead atoms. The molecule has 0 aromatic rings. The van der Waals surface area contributed by atoms with Crippen LogP contribution in [-0.4, -0.2) is 6.36 Å². The van der Waals surface area contributed by atoms with E-state index in [1.807, 2.05) is 6.08 Å². The van der Waals surface area contributed by atoms with Crippen LogP contribution in [0.25, 0.3) is 0 Å². The normalized spacial score (nSPS) is 18.3. The third kappa shape index (κ3) is 2.98. The lowest BCUT2D eigenvalue weighted by Crippen LogP contribution is -2.13. The van der Waals surface area contributed by atoms with Gasteiger partial charge in [0.25, 0.3) is 0 Å². The second kappa shape index (κ2) is 3.21. The average molecular weight is 178 g/mol. The number of alkyl halides is 3. The molecule has 1 nitrogen and oxygen atoms in total. The third-order valence-electron chi connectivity index (χ3n) is 1.49. The fraction of sp³-hybridized carbons (Fsp3) is 0.500. The Hall–Kier alpha value is -0.930. The molecule has 0 N–H and O–H groups in total. The highest BCUT2D eigenvalue weighted by atomic mass is 19.4. The van der Waals surface area contributed by atoms with Crippen molar-refractivity contribution in [3.8, 4) is 0 Å². The largest absolute Gasteiger partial charge is 0.572 e. The lowest BCUT2D eigenvalue weighted by atomic mass is 10.1. The summed E-state index contributed by atoms with van der Waals surface area (Å²) in [6, 6.07) is 0. The Morgan fingerprint density at radius 3 is 2.58 bits per heavy atom. The van der Waals surface area contributed by atoms with Gasteiger partial charge < -0.3 is 4.74 Å². The van der Waals surface area contributed by atoms with Gasteiger partial charge in [0, 0.05) is 6.42 Å². The van der Waals surface area contributed by atoms with Gasteiger partial charge in [0.05, 0.1) is 0 Å². The van der Waals surface area contributed by atoms with Crippen molar-refractivity contribution >= 4 is 0 Å². The van der Waals surface area contributed by atoms with Crippen molar-refractivity contribution in [3.63, 3.8) is 0 Å². The van der Waals surface area contributed by atoms with Crippen LogP contribution in [0.1, 0.15) is 19.8 Å². The minimum absolute atomic E-state index is 0.00231. The molecule has 0 radical (unpaired) electrons. The summed E-state index contributed by atoms with van der Waals surface area (Å²) in [7, 11) is 0. The van der Waals surface area contributed by atoms with Gasteiger partial charge in [-0.2, -0.15) is 0 Å². The van der Waals surface area contributed by atoms with Crippen LogP contribution in [0.15, 0.2) is 23.5 Å². The quantitative estimate of drug-likeness (QED) is 0.599. The Morgan fingerprint density at radius 2 is 2.08 bits per heavy atom. The van der Waals surface area contributed by atoms with Crippen molar-refractivity contribution in [1.29, 1.82) is 0 Å². The molecule has 0 heterocycles. The van der Waals surface area contributed by atoms with E-state index in [4.69, 9.17) is 0 Å². The highest BCUT2D eigenvalue weighted by Crippen LogP contribution is 2.26. The monoisotopic (exact) mass is 178 g/mol. The summed E-state index contributed by atoms with van der Waals surface area (Å²) < 4.78 is 38.8. The fourth-order valence-corrected chi connectivity index (χ4v) is 1.06. The maximum Gasteiger partial charge on any atom is 0.572 e. The first-order chi connectivity index (χ1) is 5.47. The van der Waals surface area contributed by atoms with E-state index >= 15 is 0 Å². The average Bonchev–Trinajstić information content (AvgIpc) is 1.82. The van der Waals surface area contributed by atoms with E-state index in [1.54, 1.807) is 6.92 Å². The zero-order valence-corrected chi connectivity index (χ0v) is 6.61. The van der Waals surface area contributed by atoms with Crippen molar-refractivity contribution < 1.29 is 17.9 Å². The summed E-state index contributed by atoms with van der Waals surface area (Å²) in [5.74, 6) is 0.00231.